The molecule has 162 valence electrons. The number of hydrogen-bond acceptors (Lipinski definition) is 5. The van der Waals surface area contributed by atoms with Crippen LogP contribution in [-0.2, 0) is 4.74 Å². The Morgan fingerprint density at radius 1 is 1.32 bits per heavy atom. The third-order valence-corrected chi connectivity index (χ3v) is 6.02. The number of benzene rings is 1. The van der Waals surface area contributed by atoms with E-state index in [0.717, 1.165) is 16.8 Å². The van der Waals surface area contributed by atoms with Crippen LogP contribution in [0.25, 0.3) is 10.9 Å². The number of ether oxygens (including phenoxy) is 1. The lowest BCUT2D eigenvalue weighted by atomic mass is 9.99. The summed E-state index contributed by atoms with van der Waals surface area (Å²) in [5.74, 6) is -1.31. The number of aromatic carboxylic acids is 1. The lowest BCUT2D eigenvalue weighted by molar-refractivity contribution is 0.0540. The zero-order valence-electron chi connectivity index (χ0n) is 17.2. The molecule has 0 bridgehead atoms. The molecule has 3 aromatic rings. The average Bonchev–Trinajstić information content (AvgIpc) is 3.11. The number of hydrogen-bond donors (Lipinski definition) is 3. The number of pyridine rings is 1. The highest BCUT2D eigenvalue weighted by atomic mass is 35.5. The second-order valence-corrected chi connectivity index (χ2v) is 8.00. The molecule has 0 radical (unpaired) electrons. The number of carboxylic acids is 1. The second-order valence-electron chi connectivity index (χ2n) is 7.59. The first-order valence-corrected chi connectivity index (χ1v) is 10.3. The van der Waals surface area contributed by atoms with Gasteiger partial charge in [0.1, 0.15) is 5.69 Å². The van der Waals surface area contributed by atoms with Crippen LogP contribution in [-0.4, -0.2) is 59.3 Å². The van der Waals surface area contributed by atoms with E-state index in [9.17, 15) is 14.7 Å². The quantitative estimate of drug-likeness (QED) is 0.560. The Labute approximate surface area is 184 Å². The number of methoxy groups -OCH3 is 1. The Balaban J connectivity index is 1.56. The van der Waals surface area contributed by atoms with Gasteiger partial charge in [-0.2, -0.15) is 0 Å². The summed E-state index contributed by atoms with van der Waals surface area (Å²) in [6.07, 6.45) is 0.362. The number of aryl methyl sites for hydroxylation is 1. The summed E-state index contributed by atoms with van der Waals surface area (Å²) in [6, 6.07) is 10.5. The first-order chi connectivity index (χ1) is 14.9. The molecule has 2 atom stereocenters. The van der Waals surface area contributed by atoms with Crippen molar-refractivity contribution in [2.75, 3.05) is 25.1 Å². The van der Waals surface area contributed by atoms with Gasteiger partial charge in [-0.25, -0.2) is 9.78 Å². The molecule has 1 fully saturated rings. The molecule has 4 rings (SSSR count). The molecular weight excluding hydrogens is 420 g/mol. The van der Waals surface area contributed by atoms with Gasteiger partial charge < -0.3 is 25.0 Å². The number of anilines is 1. The number of amides is 1. The third-order valence-electron chi connectivity index (χ3n) is 5.63. The smallest absolute Gasteiger partial charge is 0.354 e. The lowest BCUT2D eigenvalue weighted by Crippen LogP contribution is -2.55. The number of H-pyrrole nitrogens is 1. The monoisotopic (exact) mass is 442 g/mol. The number of nitrogens with zero attached hydrogens (tertiary/aromatic N) is 2. The van der Waals surface area contributed by atoms with Gasteiger partial charge in [-0.15, -0.1) is 0 Å². The predicted molar refractivity (Wildman–Crippen MR) is 118 cm³/mol. The van der Waals surface area contributed by atoms with Crippen molar-refractivity contribution < 1.29 is 19.4 Å². The zero-order valence-corrected chi connectivity index (χ0v) is 17.9. The predicted octanol–water partition coefficient (Wildman–Crippen LogP) is 3.25. The van der Waals surface area contributed by atoms with Gasteiger partial charge in [-0.1, -0.05) is 29.8 Å². The number of carbonyl (C=O) groups is 2. The summed E-state index contributed by atoms with van der Waals surface area (Å²) in [6.45, 7) is 2.93. The van der Waals surface area contributed by atoms with Crippen molar-refractivity contribution in [2.24, 2.45) is 0 Å². The van der Waals surface area contributed by atoms with Crippen LogP contribution in [0.4, 0.5) is 5.69 Å². The highest BCUT2D eigenvalue weighted by Crippen LogP contribution is 2.30. The Kier molecular flexibility index (Phi) is 5.84. The first-order valence-electron chi connectivity index (χ1n) is 9.94. The topological polar surface area (TPSA) is 108 Å². The summed E-state index contributed by atoms with van der Waals surface area (Å²) >= 11 is 6.05. The number of carboxylic acid groups (broad SMARTS) is 1. The Morgan fingerprint density at radius 2 is 2.10 bits per heavy atom. The molecule has 31 heavy (non-hydrogen) atoms. The van der Waals surface area contributed by atoms with E-state index in [2.05, 4.69) is 20.2 Å². The molecule has 3 heterocycles. The number of rotatable bonds is 5. The number of para-hydroxylation sites is 1. The summed E-state index contributed by atoms with van der Waals surface area (Å²) in [7, 11) is 1.61. The third kappa shape index (κ3) is 4.22. The Hall–Kier alpha value is -3.10. The number of piperidine rings is 1. The normalized spacial score (nSPS) is 18.9. The minimum atomic E-state index is -1.07. The van der Waals surface area contributed by atoms with Crippen molar-refractivity contribution in [3.8, 4) is 0 Å². The molecular formula is C22H23ClN4O4. The number of aromatic amines is 1. The van der Waals surface area contributed by atoms with E-state index >= 15 is 0 Å². The van der Waals surface area contributed by atoms with Crippen LogP contribution in [0.1, 0.15) is 33.1 Å². The van der Waals surface area contributed by atoms with Crippen LogP contribution < -0.4 is 10.2 Å². The molecule has 8 nitrogen and oxygen atoms in total. The molecule has 2 aromatic heterocycles. The molecule has 1 aromatic carbocycles. The molecule has 1 aliphatic heterocycles. The SMILES string of the molecule is CO[C@H]1CN(c2cc(C(=O)O)nc3ccccc23)CC[C@H]1NC(=O)c1cc(Cl)c(C)[nH]1. The van der Waals surface area contributed by atoms with Crippen molar-refractivity contribution in [2.45, 2.75) is 25.5 Å². The maximum Gasteiger partial charge on any atom is 0.354 e. The fraction of sp³-hybridized carbons (Fsp3) is 0.318. The van der Waals surface area contributed by atoms with Crippen molar-refractivity contribution in [3.63, 3.8) is 0 Å². The second kappa shape index (κ2) is 8.56. The molecule has 0 unspecified atom stereocenters. The van der Waals surface area contributed by atoms with Crippen molar-refractivity contribution >= 4 is 40.1 Å². The van der Waals surface area contributed by atoms with Gasteiger partial charge in [0.15, 0.2) is 5.69 Å². The van der Waals surface area contributed by atoms with Crippen molar-refractivity contribution in [3.05, 3.63) is 58.5 Å². The van der Waals surface area contributed by atoms with Crippen LogP contribution in [0.2, 0.25) is 5.02 Å². The maximum atomic E-state index is 12.6. The number of aromatic nitrogens is 2. The Morgan fingerprint density at radius 3 is 2.77 bits per heavy atom. The van der Waals surface area contributed by atoms with Gasteiger partial charge in [0.05, 0.1) is 22.7 Å². The first kappa shape index (κ1) is 21.1. The molecule has 0 saturated carbocycles. The highest BCUT2D eigenvalue weighted by Gasteiger charge is 2.32. The van der Waals surface area contributed by atoms with E-state index in [1.807, 2.05) is 18.2 Å². The van der Waals surface area contributed by atoms with Crippen LogP contribution >= 0.6 is 11.6 Å². The molecule has 1 amide bonds. The fourth-order valence-corrected chi connectivity index (χ4v) is 4.13. The highest BCUT2D eigenvalue weighted by molar-refractivity contribution is 6.31. The van der Waals surface area contributed by atoms with E-state index in [4.69, 9.17) is 16.3 Å². The van der Waals surface area contributed by atoms with Gasteiger partial charge in [0.25, 0.3) is 5.91 Å². The summed E-state index contributed by atoms with van der Waals surface area (Å²) in [4.78, 5) is 33.5. The average molecular weight is 443 g/mol. The molecule has 9 heteroatoms. The standard InChI is InChI=1S/C22H23ClN4O4/c1-12-14(23)9-17(24-12)21(28)26-16-7-8-27(11-20(16)31-2)19-10-18(22(29)30)25-15-6-4-3-5-13(15)19/h3-6,9-10,16,20,24H,7-8,11H2,1-2H3,(H,26,28)(H,29,30)/t16-,20+/m1/s1. The summed E-state index contributed by atoms with van der Waals surface area (Å²) < 4.78 is 5.69. The molecule has 1 aliphatic rings. The van der Waals surface area contributed by atoms with Crippen LogP contribution in [0.3, 0.4) is 0 Å². The van der Waals surface area contributed by atoms with E-state index in [-0.39, 0.29) is 23.7 Å². The van der Waals surface area contributed by atoms with Crippen molar-refractivity contribution in [1.82, 2.24) is 15.3 Å². The summed E-state index contributed by atoms with van der Waals surface area (Å²) in [5.41, 5.74) is 2.56. The fourth-order valence-electron chi connectivity index (χ4n) is 3.97. The van der Waals surface area contributed by atoms with Gasteiger partial charge in [0.2, 0.25) is 0 Å². The van der Waals surface area contributed by atoms with Gasteiger partial charge in [0, 0.05) is 37.0 Å². The van der Waals surface area contributed by atoms with Crippen molar-refractivity contribution in [1.29, 1.82) is 0 Å². The van der Waals surface area contributed by atoms with Gasteiger partial charge in [-0.3, -0.25) is 4.79 Å². The van der Waals surface area contributed by atoms with E-state index < -0.39 is 5.97 Å². The molecule has 3 N–H and O–H groups in total. The number of carbonyl (C=O) groups excluding carboxylic acids is 1. The minimum Gasteiger partial charge on any atom is -0.477 e. The summed E-state index contributed by atoms with van der Waals surface area (Å²) in [5, 5.41) is 13.9. The van der Waals surface area contributed by atoms with E-state index in [0.29, 0.717) is 35.7 Å². The lowest BCUT2D eigenvalue weighted by Gasteiger charge is -2.39. The number of fused-ring (bicyclic) bond motifs is 1. The molecule has 0 spiro atoms. The molecule has 1 saturated heterocycles. The van der Waals surface area contributed by atoms with Crippen LogP contribution in [0.15, 0.2) is 36.4 Å². The van der Waals surface area contributed by atoms with Crippen LogP contribution in [0.5, 0.6) is 0 Å². The largest absolute Gasteiger partial charge is 0.477 e. The van der Waals surface area contributed by atoms with Gasteiger partial charge >= 0.3 is 5.97 Å². The zero-order chi connectivity index (χ0) is 22.1. The maximum absolute atomic E-state index is 12.6. The Bertz CT molecular complexity index is 1130. The van der Waals surface area contributed by atoms with Gasteiger partial charge in [-0.05, 0) is 31.5 Å². The van der Waals surface area contributed by atoms with Crippen LogP contribution in [0, 0.1) is 6.92 Å². The molecule has 0 aliphatic carbocycles. The van der Waals surface area contributed by atoms with E-state index in [1.54, 1.807) is 32.2 Å². The van der Waals surface area contributed by atoms with E-state index in [1.165, 1.54) is 0 Å². The number of nitrogens with one attached hydrogen (secondary N) is 2. The number of halogens is 1. The minimum absolute atomic E-state index is 0.00270.